The van der Waals surface area contributed by atoms with Crippen LogP contribution in [0.1, 0.15) is 12.8 Å². The summed E-state index contributed by atoms with van der Waals surface area (Å²) in [4.78, 5) is 17.3. The maximum absolute atomic E-state index is 13.2. The number of carbonyl (C=O) groups excluding carboxylic acids is 1. The smallest absolute Gasteiger partial charge is 0.276 e. The molecule has 2 fully saturated rings. The van der Waals surface area contributed by atoms with Gasteiger partial charge in [-0.25, -0.2) is 8.42 Å². The Morgan fingerprint density at radius 2 is 1.77 bits per heavy atom. The summed E-state index contributed by atoms with van der Waals surface area (Å²) in [6.07, 6.45) is 2.57. The van der Waals surface area contributed by atoms with Crippen LogP contribution in [0.3, 0.4) is 0 Å². The number of nitrogens with zero attached hydrogens (tertiary/aromatic N) is 4. The second-order valence-corrected chi connectivity index (χ2v) is 10.6. The van der Waals surface area contributed by atoms with Crippen LogP contribution in [0.15, 0.2) is 58.2 Å². The van der Waals surface area contributed by atoms with Crippen LogP contribution in [0.5, 0.6) is 5.75 Å². The number of H-pyrrole nitrogens is 1. The topological polar surface area (TPSA) is 112 Å². The molecule has 0 saturated carbocycles. The Labute approximate surface area is 204 Å². The molecule has 2 aliphatic heterocycles. The highest BCUT2D eigenvalue weighted by Gasteiger charge is 2.36. The molecule has 1 aromatic carbocycles. The number of hydrogen-bond acceptors (Lipinski definition) is 7. The normalized spacial score (nSPS) is 18.1. The number of benzene rings is 1. The summed E-state index contributed by atoms with van der Waals surface area (Å²) in [6.45, 7) is 3.32. The molecule has 0 spiro atoms. The quantitative estimate of drug-likeness (QED) is 0.554. The minimum atomic E-state index is -3.76. The zero-order chi connectivity index (χ0) is 24.4. The van der Waals surface area contributed by atoms with Crippen molar-refractivity contribution in [3.8, 4) is 17.2 Å². The van der Waals surface area contributed by atoms with Crippen LogP contribution in [0.2, 0.25) is 0 Å². The van der Waals surface area contributed by atoms with Crippen molar-refractivity contribution >= 4 is 21.6 Å². The van der Waals surface area contributed by atoms with E-state index in [1.807, 2.05) is 29.2 Å². The van der Waals surface area contributed by atoms with Crippen LogP contribution in [0.4, 0.5) is 5.69 Å². The van der Waals surface area contributed by atoms with Crippen molar-refractivity contribution in [2.75, 3.05) is 51.3 Å². The van der Waals surface area contributed by atoms with E-state index in [0.717, 1.165) is 24.5 Å². The molecule has 2 aliphatic rings. The molecule has 10 nitrogen and oxygen atoms in total. The number of sulfonamides is 1. The van der Waals surface area contributed by atoms with Crippen LogP contribution < -0.4 is 9.64 Å². The highest BCUT2D eigenvalue weighted by atomic mass is 32.2. The molecular formula is C24H29N5O5S. The third-order valence-corrected chi connectivity index (χ3v) is 8.53. The first-order valence-corrected chi connectivity index (χ1v) is 13.2. The van der Waals surface area contributed by atoms with E-state index in [9.17, 15) is 13.2 Å². The number of amides is 1. The van der Waals surface area contributed by atoms with Crippen molar-refractivity contribution in [3.63, 3.8) is 0 Å². The average Bonchev–Trinajstić information content (AvgIpc) is 3.61. The number of aromatic amines is 1. The molecular weight excluding hydrogens is 470 g/mol. The Balaban J connectivity index is 1.16. The summed E-state index contributed by atoms with van der Waals surface area (Å²) in [7, 11) is -2.10. The summed E-state index contributed by atoms with van der Waals surface area (Å²) in [5.74, 6) is 1.19. The van der Waals surface area contributed by atoms with Gasteiger partial charge in [-0.3, -0.25) is 9.89 Å². The first-order valence-electron chi connectivity index (χ1n) is 11.7. The SMILES string of the molecule is COc1ccccc1N1CCN(C(=O)C2CCN(S(=O)(=O)c3ccc(-c4ccn[nH]4)o3)CC2)CC1. The summed E-state index contributed by atoms with van der Waals surface area (Å²) in [5.41, 5.74) is 1.65. The molecule has 2 aromatic heterocycles. The number of carbonyl (C=O) groups is 1. The molecule has 5 rings (SSSR count). The molecule has 0 bridgehead atoms. The lowest BCUT2D eigenvalue weighted by molar-refractivity contribution is -0.137. The lowest BCUT2D eigenvalue weighted by Gasteiger charge is -2.39. The maximum Gasteiger partial charge on any atom is 0.276 e. The number of aromatic nitrogens is 2. The molecule has 1 N–H and O–H groups in total. The van der Waals surface area contributed by atoms with Gasteiger partial charge >= 0.3 is 0 Å². The molecule has 186 valence electrons. The first kappa shape index (κ1) is 23.4. The number of methoxy groups -OCH3 is 1. The van der Waals surface area contributed by atoms with Gasteiger partial charge in [0.15, 0.2) is 5.76 Å². The van der Waals surface area contributed by atoms with E-state index in [1.54, 1.807) is 25.4 Å². The standard InChI is InChI=1S/C24H29N5O5S/c1-33-22-5-3-2-4-20(22)27-14-16-28(17-15-27)24(30)18-9-12-29(13-10-18)35(31,32)23-7-6-21(34-23)19-8-11-25-26-19/h2-8,11,18H,9-10,12-17H2,1H3,(H,25,26). The number of hydrogen-bond donors (Lipinski definition) is 1. The van der Waals surface area contributed by atoms with E-state index in [0.29, 0.717) is 50.5 Å². The van der Waals surface area contributed by atoms with Gasteiger partial charge in [-0.1, -0.05) is 12.1 Å². The minimum absolute atomic E-state index is 0.0978. The van der Waals surface area contributed by atoms with Gasteiger partial charge in [0.25, 0.3) is 10.0 Å². The van der Waals surface area contributed by atoms with Crippen molar-refractivity contribution in [2.24, 2.45) is 5.92 Å². The van der Waals surface area contributed by atoms with Gasteiger partial charge in [0.1, 0.15) is 11.4 Å². The van der Waals surface area contributed by atoms with Crippen LogP contribution in [0.25, 0.3) is 11.5 Å². The highest BCUT2D eigenvalue weighted by Crippen LogP contribution is 2.31. The van der Waals surface area contributed by atoms with E-state index < -0.39 is 10.0 Å². The van der Waals surface area contributed by atoms with Gasteiger partial charge in [-0.05, 0) is 43.2 Å². The lowest BCUT2D eigenvalue weighted by atomic mass is 9.96. The lowest BCUT2D eigenvalue weighted by Crippen LogP contribution is -2.52. The molecule has 1 amide bonds. The van der Waals surface area contributed by atoms with Crippen molar-refractivity contribution in [2.45, 2.75) is 17.9 Å². The molecule has 0 radical (unpaired) electrons. The van der Waals surface area contributed by atoms with E-state index in [4.69, 9.17) is 9.15 Å². The Hall–Kier alpha value is -3.31. The fourth-order valence-corrected chi connectivity index (χ4v) is 6.17. The highest BCUT2D eigenvalue weighted by molar-refractivity contribution is 7.89. The van der Waals surface area contributed by atoms with E-state index >= 15 is 0 Å². The molecule has 0 atom stereocenters. The van der Waals surface area contributed by atoms with Crippen LogP contribution >= 0.6 is 0 Å². The monoisotopic (exact) mass is 499 g/mol. The third-order valence-electron chi connectivity index (χ3n) is 6.76. The number of para-hydroxylation sites is 2. The van der Waals surface area contributed by atoms with Gasteiger partial charge in [0.2, 0.25) is 11.0 Å². The molecule has 4 heterocycles. The van der Waals surface area contributed by atoms with E-state index in [2.05, 4.69) is 15.1 Å². The minimum Gasteiger partial charge on any atom is -0.495 e. The molecule has 0 unspecified atom stereocenters. The fourth-order valence-electron chi connectivity index (χ4n) is 4.78. The largest absolute Gasteiger partial charge is 0.495 e. The number of furan rings is 1. The number of anilines is 1. The summed E-state index contributed by atoms with van der Waals surface area (Å²) in [6, 6.07) is 12.7. The van der Waals surface area contributed by atoms with Crippen molar-refractivity contribution in [1.29, 1.82) is 0 Å². The second kappa shape index (κ2) is 9.74. The number of nitrogens with one attached hydrogen (secondary N) is 1. The molecule has 2 saturated heterocycles. The fraction of sp³-hybridized carbons (Fsp3) is 0.417. The Kier molecular flexibility index (Phi) is 6.52. The van der Waals surface area contributed by atoms with Gasteiger partial charge < -0.3 is 19.0 Å². The summed E-state index contributed by atoms with van der Waals surface area (Å²) < 4.78 is 38.6. The maximum atomic E-state index is 13.2. The Morgan fingerprint density at radius 3 is 2.46 bits per heavy atom. The predicted molar refractivity (Wildman–Crippen MR) is 130 cm³/mol. The van der Waals surface area contributed by atoms with Gasteiger partial charge in [0, 0.05) is 51.4 Å². The summed E-state index contributed by atoms with van der Waals surface area (Å²) >= 11 is 0. The molecule has 11 heteroatoms. The Morgan fingerprint density at radius 1 is 1.03 bits per heavy atom. The molecule has 35 heavy (non-hydrogen) atoms. The number of piperazine rings is 1. The third kappa shape index (κ3) is 4.65. The van der Waals surface area contributed by atoms with Gasteiger partial charge in [-0.15, -0.1) is 0 Å². The zero-order valence-electron chi connectivity index (χ0n) is 19.6. The number of piperidine rings is 1. The Bertz CT molecular complexity index is 1260. The average molecular weight is 500 g/mol. The van der Waals surface area contributed by atoms with Gasteiger partial charge in [-0.2, -0.15) is 9.40 Å². The van der Waals surface area contributed by atoms with E-state index in [-0.39, 0.29) is 16.9 Å². The number of ether oxygens (including phenoxy) is 1. The number of rotatable bonds is 6. The molecule has 0 aliphatic carbocycles. The zero-order valence-corrected chi connectivity index (χ0v) is 20.4. The second-order valence-electron chi connectivity index (χ2n) is 8.75. The molecule has 3 aromatic rings. The first-order chi connectivity index (χ1) is 17.0. The summed E-state index contributed by atoms with van der Waals surface area (Å²) in [5, 5.41) is 6.52. The van der Waals surface area contributed by atoms with Gasteiger partial charge in [0.05, 0.1) is 12.8 Å². The van der Waals surface area contributed by atoms with Crippen LogP contribution in [0, 0.1) is 5.92 Å². The van der Waals surface area contributed by atoms with Crippen molar-refractivity contribution in [3.05, 3.63) is 48.7 Å². The van der Waals surface area contributed by atoms with Crippen LogP contribution in [-0.4, -0.2) is 80.1 Å². The van der Waals surface area contributed by atoms with E-state index in [1.165, 1.54) is 10.4 Å². The predicted octanol–water partition coefficient (Wildman–Crippen LogP) is 2.43. The van der Waals surface area contributed by atoms with Crippen molar-refractivity contribution < 1.29 is 22.4 Å². The van der Waals surface area contributed by atoms with Crippen molar-refractivity contribution in [1.82, 2.24) is 19.4 Å². The van der Waals surface area contributed by atoms with Crippen LogP contribution in [-0.2, 0) is 14.8 Å².